The second-order valence-electron chi connectivity index (χ2n) is 5.03. The molecule has 8 heteroatoms. The lowest BCUT2D eigenvalue weighted by Gasteiger charge is -2.12. The molecule has 0 spiro atoms. The minimum Gasteiger partial charge on any atom is -0.506 e. The molecule has 0 fully saturated rings. The minimum absolute atomic E-state index is 0. The number of ether oxygens (including phenoxy) is 2. The Kier molecular flexibility index (Phi) is 9.18. The van der Waals surface area contributed by atoms with Gasteiger partial charge in [0.15, 0.2) is 6.04 Å². The molecule has 1 atom stereocenters. The highest BCUT2D eigenvalue weighted by atomic mass is 127. The summed E-state index contributed by atoms with van der Waals surface area (Å²) in [6, 6.07) is 8.88. The van der Waals surface area contributed by atoms with Crippen molar-refractivity contribution in [3.8, 4) is 17.2 Å². The topological polar surface area (TPSA) is 83.4 Å². The summed E-state index contributed by atoms with van der Waals surface area (Å²) in [7, 11) is 1.36. The number of halogens is 3. The number of carbonyl (C=O) groups excluding carboxylic acids is 1. The third-order valence-corrected chi connectivity index (χ3v) is 5.72. The number of methoxy groups -OCH3 is 1. The van der Waals surface area contributed by atoms with Crippen LogP contribution in [0.5, 0.6) is 17.2 Å². The van der Waals surface area contributed by atoms with Crippen molar-refractivity contribution in [3.63, 3.8) is 0 Å². The van der Waals surface area contributed by atoms with Crippen LogP contribution in [0.4, 0.5) is 0 Å². The fraction of sp³-hybridized carbons (Fsp3) is 0.235. The standard InChI is InChI=1S/C16H14I3NO4.CH4/c1-23-16(22)13(20)5-8-2-3-14(10(17)4-8)24-9-6-11(18)15(21)12(19)7-9;/h2-4,6-7,13,21H,5,20H2,1H3;1H4/p+1. The number of quaternary nitrogens is 1. The minimum atomic E-state index is -0.433. The van der Waals surface area contributed by atoms with Crippen LogP contribution in [0.15, 0.2) is 30.3 Å². The molecular formula is C17H19I3NO4+. The molecular weight excluding hydrogens is 663 g/mol. The number of benzene rings is 2. The number of rotatable bonds is 5. The second-order valence-corrected chi connectivity index (χ2v) is 8.51. The van der Waals surface area contributed by atoms with E-state index in [0.717, 1.165) is 22.0 Å². The molecule has 0 aliphatic carbocycles. The molecule has 0 saturated carbocycles. The van der Waals surface area contributed by atoms with Crippen molar-refractivity contribution >= 4 is 73.7 Å². The van der Waals surface area contributed by atoms with Gasteiger partial charge in [-0.3, -0.25) is 0 Å². The molecule has 0 aliphatic rings. The predicted molar refractivity (Wildman–Crippen MR) is 122 cm³/mol. The van der Waals surface area contributed by atoms with Gasteiger partial charge in [0.2, 0.25) is 0 Å². The molecule has 5 nitrogen and oxygen atoms in total. The number of phenolic OH excluding ortho intramolecular Hbond substituents is 1. The first-order valence-corrected chi connectivity index (χ1v) is 10.1. The van der Waals surface area contributed by atoms with Gasteiger partial charge in [0, 0.05) is 6.42 Å². The Bertz CT molecular complexity index is 745. The zero-order valence-corrected chi connectivity index (χ0v) is 19.2. The van der Waals surface area contributed by atoms with E-state index in [2.05, 4.69) is 73.5 Å². The Morgan fingerprint density at radius 2 is 1.76 bits per heavy atom. The normalized spacial score (nSPS) is 11.4. The number of carbonyl (C=O) groups is 1. The summed E-state index contributed by atoms with van der Waals surface area (Å²) < 4.78 is 13.0. The van der Waals surface area contributed by atoms with Gasteiger partial charge in [-0.1, -0.05) is 13.5 Å². The van der Waals surface area contributed by atoms with E-state index >= 15 is 0 Å². The maximum atomic E-state index is 11.5. The van der Waals surface area contributed by atoms with Crippen molar-refractivity contribution < 1.29 is 25.1 Å². The van der Waals surface area contributed by atoms with E-state index in [1.807, 2.05) is 18.2 Å². The first-order valence-electron chi connectivity index (χ1n) is 6.87. The molecule has 4 N–H and O–H groups in total. The Labute approximate surface area is 188 Å². The highest BCUT2D eigenvalue weighted by Crippen LogP contribution is 2.34. The van der Waals surface area contributed by atoms with Gasteiger partial charge in [-0.2, -0.15) is 0 Å². The van der Waals surface area contributed by atoms with Crippen molar-refractivity contribution in [1.82, 2.24) is 0 Å². The van der Waals surface area contributed by atoms with Crippen LogP contribution >= 0.6 is 67.8 Å². The maximum Gasteiger partial charge on any atom is 0.364 e. The zero-order valence-electron chi connectivity index (χ0n) is 12.7. The Morgan fingerprint density at radius 1 is 1.16 bits per heavy atom. The lowest BCUT2D eigenvalue weighted by molar-refractivity contribution is -0.407. The summed E-state index contributed by atoms with van der Waals surface area (Å²) in [6.45, 7) is 0. The Balaban J connectivity index is 0.00000312. The van der Waals surface area contributed by atoms with Crippen molar-refractivity contribution in [1.29, 1.82) is 0 Å². The molecule has 0 bridgehead atoms. The van der Waals surface area contributed by atoms with Crippen molar-refractivity contribution in [3.05, 3.63) is 46.6 Å². The van der Waals surface area contributed by atoms with Gasteiger partial charge in [-0.25, -0.2) is 4.79 Å². The van der Waals surface area contributed by atoms with Gasteiger partial charge < -0.3 is 20.3 Å². The van der Waals surface area contributed by atoms with E-state index in [1.54, 1.807) is 12.1 Å². The molecule has 0 amide bonds. The molecule has 2 aromatic carbocycles. The smallest absolute Gasteiger partial charge is 0.364 e. The van der Waals surface area contributed by atoms with Gasteiger partial charge in [-0.05, 0) is 97.6 Å². The molecule has 0 radical (unpaired) electrons. The molecule has 0 aliphatic heterocycles. The summed E-state index contributed by atoms with van der Waals surface area (Å²) in [5.74, 6) is 1.32. The lowest BCUT2D eigenvalue weighted by Crippen LogP contribution is -2.66. The van der Waals surface area contributed by atoms with Crippen LogP contribution in [0, 0.1) is 10.7 Å². The SMILES string of the molecule is C.COC(=O)C([NH3+])Cc1ccc(Oc2cc(I)c(O)c(I)c2)c(I)c1. The number of esters is 1. The highest BCUT2D eigenvalue weighted by molar-refractivity contribution is 14.1. The fourth-order valence-corrected chi connectivity index (χ4v) is 4.42. The molecule has 0 saturated heterocycles. The van der Waals surface area contributed by atoms with E-state index in [4.69, 9.17) is 9.47 Å². The molecule has 25 heavy (non-hydrogen) atoms. The number of aromatic hydroxyl groups is 1. The Hall–Kier alpha value is -0.340. The third kappa shape index (κ3) is 6.10. The van der Waals surface area contributed by atoms with Gasteiger partial charge in [0.05, 0.1) is 17.8 Å². The fourth-order valence-electron chi connectivity index (χ4n) is 2.02. The number of phenols is 1. The van der Waals surface area contributed by atoms with Crippen molar-refractivity contribution in [2.75, 3.05) is 7.11 Å². The number of hydrogen-bond acceptors (Lipinski definition) is 4. The summed E-state index contributed by atoms with van der Waals surface area (Å²) in [4.78, 5) is 11.5. The van der Waals surface area contributed by atoms with E-state index < -0.39 is 6.04 Å². The average molecular weight is 682 g/mol. The van der Waals surface area contributed by atoms with Crippen LogP contribution in [0.2, 0.25) is 0 Å². The largest absolute Gasteiger partial charge is 0.506 e. The average Bonchev–Trinajstić information content (AvgIpc) is 2.54. The second kappa shape index (κ2) is 10.1. The summed E-state index contributed by atoms with van der Waals surface area (Å²) in [6.07, 6.45) is 0.512. The van der Waals surface area contributed by atoms with Crippen LogP contribution in [0.3, 0.4) is 0 Å². The van der Waals surface area contributed by atoms with Crippen LogP contribution in [0.25, 0.3) is 0 Å². The van der Waals surface area contributed by atoms with E-state index in [9.17, 15) is 9.90 Å². The van der Waals surface area contributed by atoms with Crippen LogP contribution in [0.1, 0.15) is 13.0 Å². The van der Waals surface area contributed by atoms with Gasteiger partial charge in [-0.15, -0.1) is 0 Å². The summed E-state index contributed by atoms with van der Waals surface area (Å²) in [5, 5.41) is 9.82. The first kappa shape index (κ1) is 22.7. The molecule has 136 valence electrons. The zero-order chi connectivity index (χ0) is 17.9. The van der Waals surface area contributed by atoms with Crippen LogP contribution in [-0.2, 0) is 16.0 Å². The van der Waals surface area contributed by atoms with Crippen LogP contribution in [-0.4, -0.2) is 24.2 Å². The van der Waals surface area contributed by atoms with E-state index in [-0.39, 0.29) is 19.1 Å². The third-order valence-electron chi connectivity index (χ3n) is 3.23. The highest BCUT2D eigenvalue weighted by Gasteiger charge is 2.19. The monoisotopic (exact) mass is 682 g/mol. The van der Waals surface area contributed by atoms with Crippen molar-refractivity contribution in [2.45, 2.75) is 19.9 Å². The van der Waals surface area contributed by atoms with Crippen LogP contribution < -0.4 is 10.5 Å². The molecule has 0 heterocycles. The lowest BCUT2D eigenvalue weighted by atomic mass is 10.1. The molecule has 0 aromatic heterocycles. The molecule has 2 rings (SSSR count). The van der Waals surface area contributed by atoms with E-state index in [1.165, 1.54) is 7.11 Å². The summed E-state index contributed by atoms with van der Waals surface area (Å²) >= 11 is 6.33. The predicted octanol–water partition coefficient (Wildman–Crippen LogP) is 3.96. The summed E-state index contributed by atoms with van der Waals surface area (Å²) in [5.41, 5.74) is 4.81. The number of hydrogen-bond donors (Lipinski definition) is 2. The maximum absolute atomic E-state index is 11.5. The first-order chi connectivity index (χ1) is 11.3. The van der Waals surface area contributed by atoms with Gasteiger partial charge in [0.25, 0.3) is 0 Å². The van der Waals surface area contributed by atoms with E-state index in [0.29, 0.717) is 12.2 Å². The quantitative estimate of drug-likeness (QED) is 0.370. The molecule has 1 unspecified atom stereocenters. The van der Waals surface area contributed by atoms with Gasteiger partial charge in [0.1, 0.15) is 17.2 Å². The Morgan fingerprint density at radius 3 is 2.28 bits per heavy atom. The molecule has 2 aromatic rings. The van der Waals surface area contributed by atoms with Crippen molar-refractivity contribution in [2.24, 2.45) is 0 Å². The van der Waals surface area contributed by atoms with Gasteiger partial charge >= 0.3 is 5.97 Å².